The van der Waals surface area contributed by atoms with E-state index in [9.17, 15) is 4.79 Å². The van der Waals surface area contributed by atoms with E-state index in [0.29, 0.717) is 30.0 Å². The van der Waals surface area contributed by atoms with Gasteiger partial charge in [0.15, 0.2) is 0 Å². The number of carbonyl (C=O) groups is 1. The average molecular weight is 511 g/mol. The average Bonchev–Trinajstić information content (AvgIpc) is 2.91. The van der Waals surface area contributed by atoms with Crippen LogP contribution in [0.5, 0.6) is 0 Å². The predicted octanol–water partition coefficient (Wildman–Crippen LogP) is 7.94. The number of fused-ring (bicyclic) bond motifs is 2. The van der Waals surface area contributed by atoms with Crippen LogP contribution in [0.4, 0.5) is 11.4 Å². The summed E-state index contributed by atoms with van der Waals surface area (Å²) >= 11 is 0. The molecule has 2 saturated carbocycles. The van der Waals surface area contributed by atoms with E-state index in [1.165, 1.54) is 36.8 Å². The van der Waals surface area contributed by atoms with Crippen molar-refractivity contribution >= 4 is 17.3 Å². The van der Waals surface area contributed by atoms with Crippen LogP contribution in [0.15, 0.2) is 78.9 Å². The van der Waals surface area contributed by atoms with Crippen LogP contribution in [0, 0.1) is 23.7 Å². The van der Waals surface area contributed by atoms with Crippen molar-refractivity contribution in [1.82, 2.24) is 0 Å². The molecule has 0 spiro atoms. The van der Waals surface area contributed by atoms with Gasteiger partial charge >= 0.3 is 5.97 Å². The Bertz CT molecular complexity index is 1150. The number of ether oxygens (including phenoxy) is 1. The molecule has 4 heteroatoms. The number of nitrogens with one attached hydrogen (secondary N) is 1. The highest BCUT2D eigenvalue weighted by Gasteiger charge is 2.40. The Labute approximate surface area is 228 Å². The largest absolute Gasteiger partial charge is 0.462 e. The van der Waals surface area contributed by atoms with Crippen LogP contribution in [-0.4, -0.2) is 18.6 Å². The first-order chi connectivity index (χ1) is 18.5. The van der Waals surface area contributed by atoms with Crippen molar-refractivity contribution in [3.05, 3.63) is 95.6 Å². The summed E-state index contributed by atoms with van der Waals surface area (Å²) in [7, 11) is 0. The molecule has 0 aromatic heterocycles. The first-order valence-corrected chi connectivity index (χ1v) is 14.4. The zero-order chi connectivity index (χ0) is 26.5. The third kappa shape index (κ3) is 6.23. The van der Waals surface area contributed by atoms with Crippen molar-refractivity contribution in [2.45, 2.75) is 65.6 Å². The van der Waals surface area contributed by atoms with E-state index in [2.05, 4.69) is 90.8 Å². The quantitative estimate of drug-likeness (QED) is 0.297. The minimum Gasteiger partial charge on any atom is -0.462 e. The molecule has 2 aliphatic carbocycles. The van der Waals surface area contributed by atoms with Crippen LogP contribution in [0.3, 0.4) is 0 Å². The van der Waals surface area contributed by atoms with Gasteiger partial charge in [-0.15, -0.1) is 0 Å². The van der Waals surface area contributed by atoms with Gasteiger partial charge < -0.3 is 15.0 Å². The van der Waals surface area contributed by atoms with Gasteiger partial charge in [0.1, 0.15) is 0 Å². The second-order valence-corrected chi connectivity index (χ2v) is 11.6. The molecule has 3 aromatic rings. The Morgan fingerprint density at radius 3 is 2.16 bits per heavy atom. The molecule has 2 bridgehead atoms. The number of hydrogen-bond acceptors (Lipinski definition) is 4. The predicted molar refractivity (Wildman–Crippen MR) is 156 cm³/mol. The first kappa shape index (κ1) is 26.3. The molecule has 0 heterocycles. The van der Waals surface area contributed by atoms with Crippen LogP contribution >= 0.6 is 0 Å². The monoisotopic (exact) mass is 510 g/mol. The third-order valence-electron chi connectivity index (χ3n) is 8.51. The summed E-state index contributed by atoms with van der Waals surface area (Å²) in [6.45, 7) is 8.57. The summed E-state index contributed by atoms with van der Waals surface area (Å²) < 4.78 is 5.39. The van der Waals surface area contributed by atoms with Crippen molar-refractivity contribution in [3.63, 3.8) is 0 Å². The highest BCUT2D eigenvalue weighted by atomic mass is 16.5. The van der Waals surface area contributed by atoms with Crippen LogP contribution in [-0.2, 0) is 17.8 Å². The van der Waals surface area contributed by atoms with E-state index in [1.54, 1.807) is 0 Å². The standard InChI is InChI=1S/C34H42N2O2/c1-4-38-34(37)29-15-16-31(35-33-25(3)19-28-17-24(2)18-30(33)20-28)32(21-29)36(22-26-11-7-5-8-12-26)23-27-13-9-6-10-14-27/h5-16,21,24-25,28,30,33,35H,4,17-20,22-23H2,1-3H3. The number of nitrogens with zero attached hydrogens (tertiary/aromatic N) is 1. The molecule has 0 aliphatic heterocycles. The Balaban J connectivity index is 1.53. The fourth-order valence-corrected chi connectivity index (χ4v) is 6.96. The van der Waals surface area contributed by atoms with E-state index in [4.69, 9.17) is 4.74 Å². The molecule has 0 amide bonds. The lowest BCUT2D eigenvalue weighted by atomic mass is 9.63. The summed E-state index contributed by atoms with van der Waals surface area (Å²) in [5, 5.41) is 4.03. The molecule has 5 unspecified atom stereocenters. The second-order valence-electron chi connectivity index (χ2n) is 11.6. The summed E-state index contributed by atoms with van der Waals surface area (Å²) in [5.41, 5.74) is 5.25. The molecule has 5 atom stereocenters. The zero-order valence-corrected chi connectivity index (χ0v) is 23.1. The van der Waals surface area contributed by atoms with Gasteiger partial charge in [0.05, 0.1) is 23.5 Å². The Hall–Kier alpha value is -3.27. The van der Waals surface area contributed by atoms with Gasteiger partial charge in [-0.2, -0.15) is 0 Å². The Morgan fingerprint density at radius 2 is 1.53 bits per heavy atom. The maximum Gasteiger partial charge on any atom is 0.338 e. The fourth-order valence-electron chi connectivity index (χ4n) is 6.96. The normalized spacial score (nSPS) is 24.4. The van der Waals surface area contributed by atoms with Crippen molar-refractivity contribution in [1.29, 1.82) is 0 Å². The van der Waals surface area contributed by atoms with Gasteiger partial charge in [0.2, 0.25) is 0 Å². The highest BCUT2D eigenvalue weighted by molar-refractivity contribution is 5.92. The number of esters is 1. The van der Waals surface area contributed by atoms with Gasteiger partial charge in [0.25, 0.3) is 0 Å². The number of benzene rings is 3. The maximum atomic E-state index is 12.8. The molecule has 0 radical (unpaired) electrons. The molecule has 1 N–H and O–H groups in total. The van der Waals surface area contributed by atoms with Crippen molar-refractivity contribution in [3.8, 4) is 0 Å². The van der Waals surface area contributed by atoms with Crippen molar-refractivity contribution in [2.75, 3.05) is 16.8 Å². The summed E-state index contributed by atoms with van der Waals surface area (Å²) in [5.74, 6) is 2.72. The molecule has 3 aromatic carbocycles. The molecular formula is C34H42N2O2. The van der Waals surface area contributed by atoms with Crippen LogP contribution in [0.1, 0.15) is 67.9 Å². The molecule has 38 heavy (non-hydrogen) atoms. The number of rotatable bonds is 9. The van der Waals surface area contributed by atoms with Crippen molar-refractivity contribution < 1.29 is 9.53 Å². The van der Waals surface area contributed by atoms with Gasteiger partial charge in [-0.05, 0) is 85.6 Å². The van der Waals surface area contributed by atoms with E-state index >= 15 is 0 Å². The van der Waals surface area contributed by atoms with E-state index in [0.717, 1.165) is 36.3 Å². The van der Waals surface area contributed by atoms with Crippen LogP contribution in [0.2, 0.25) is 0 Å². The lowest BCUT2D eigenvalue weighted by Crippen LogP contribution is -2.45. The molecule has 2 fully saturated rings. The van der Waals surface area contributed by atoms with Gasteiger partial charge in [-0.25, -0.2) is 4.79 Å². The van der Waals surface area contributed by atoms with Crippen molar-refractivity contribution in [2.24, 2.45) is 23.7 Å². The number of anilines is 2. The highest BCUT2D eigenvalue weighted by Crippen LogP contribution is 2.46. The molecular weight excluding hydrogens is 468 g/mol. The third-order valence-corrected chi connectivity index (χ3v) is 8.51. The van der Waals surface area contributed by atoms with Crippen LogP contribution in [0.25, 0.3) is 0 Å². The molecule has 200 valence electrons. The molecule has 2 aliphatic rings. The van der Waals surface area contributed by atoms with Crippen LogP contribution < -0.4 is 10.2 Å². The fraction of sp³-hybridized carbons (Fsp3) is 0.441. The maximum absolute atomic E-state index is 12.8. The zero-order valence-electron chi connectivity index (χ0n) is 23.1. The summed E-state index contributed by atoms with van der Waals surface area (Å²) in [4.78, 5) is 15.2. The number of carbonyl (C=O) groups excluding carboxylic acids is 1. The van der Waals surface area contributed by atoms with E-state index in [1.807, 2.05) is 19.1 Å². The SMILES string of the molecule is CCOC(=O)c1ccc(NC2C(C)CC3CC(C)CC2C3)c(N(Cc2ccccc2)Cc2ccccc2)c1. The topological polar surface area (TPSA) is 41.6 Å². The van der Waals surface area contributed by atoms with E-state index in [-0.39, 0.29) is 5.97 Å². The molecule has 4 nitrogen and oxygen atoms in total. The van der Waals surface area contributed by atoms with E-state index < -0.39 is 0 Å². The molecule has 0 saturated heterocycles. The Morgan fingerprint density at radius 1 is 0.868 bits per heavy atom. The molecule has 5 rings (SSSR count). The first-order valence-electron chi connectivity index (χ1n) is 14.4. The summed E-state index contributed by atoms with van der Waals surface area (Å²) in [6.07, 6.45) is 5.31. The smallest absolute Gasteiger partial charge is 0.338 e. The lowest BCUT2D eigenvalue weighted by Gasteiger charge is -2.47. The minimum absolute atomic E-state index is 0.269. The van der Waals surface area contributed by atoms with Gasteiger partial charge in [0, 0.05) is 19.1 Å². The second kappa shape index (κ2) is 12.1. The number of hydrogen-bond donors (Lipinski definition) is 1. The van der Waals surface area contributed by atoms with Gasteiger partial charge in [-0.3, -0.25) is 0 Å². The summed E-state index contributed by atoms with van der Waals surface area (Å²) in [6, 6.07) is 27.7. The minimum atomic E-state index is -0.269. The van der Waals surface area contributed by atoms with Gasteiger partial charge in [-0.1, -0.05) is 74.5 Å². The Kier molecular flexibility index (Phi) is 8.36. The lowest BCUT2D eigenvalue weighted by molar-refractivity contribution is 0.0526.